The Morgan fingerprint density at radius 3 is 2.57 bits per heavy atom. The highest BCUT2D eigenvalue weighted by Crippen LogP contribution is 2.35. The summed E-state index contributed by atoms with van der Waals surface area (Å²) in [6.45, 7) is 4.05. The normalized spacial score (nSPS) is 23.0. The maximum absolute atomic E-state index is 9.39. The van der Waals surface area contributed by atoms with Crippen LogP contribution in [0.25, 0.3) is 0 Å². The second-order valence-electron chi connectivity index (χ2n) is 4.87. The van der Waals surface area contributed by atoms with Crippen LogP contribution >= 0.6 is 23.2 Å². The molecule has 0 amide bonds. The Morgan fingerprint density at radius 2 is 2.00 bits per heavy atom. The minimum Gasteiger partial charge on any atom is -0.508 e. The van der Waals surface area contributed by atoms with Crippen LogP contribution in [0.5, 0.6) is 5.75 Å². The third kappa shape index (κ3) is 3.51. The van der Waals surface area contributed by atoms with Gasteiger partial charge in [0.15, 0.2) is 0 Å². The van der Waals surface area contributed by atoms with Gasteiger partial charge < -0.3 is 10.4 Å². The van der Waals surface area contributed by atoms with Crippen molar-refractivity contribution in [1.82, 2.24) is 10.6 Å². The molecule has 114 valence electrons. The number of alkyl halides is 1. The summed E-state index contributed by atoms with van der Waals surface area (Å²) in [6.07, 6.45) is 3.12. The summed E-state index contributed by atoms with van der Waals surface area (Å²) in [7, 11) is 0. The molecule has 1 aromatic carbocycles. The highest BCUT2D eigenvalue weighted by Gasteiger charge is 2.36. The first kappa shape index (κ1) is 16.1. The van der Waals surface area contributed by atoms with Crippen molar-refractivity contribution in [1.29, 1.82) is 0 Å². The summed E-state index contributed by atoms with van der Waals surface area (Å²) in [5.41, 5.74) is 1.88. The van der Waals surface area contributed by atoms with E-state index in [2.05, 4.69) is 15.6 Å². The van der Waals surface area contributed by atoms with Crippen LogP contribution in [0.1, 0.15) is 38.3 Å². The van der Waals surface area contributed by atoms with E-state index < -0.39 is 5.12 Å². The van der Waals surface area contributed by atoms with Gasteiger partial charge in [0, 0.05) is 11.7 Å². The van der Waals surface area contributed by atoms with Gasteiger partial charge in [-0.15, -0.1) is 0 Å². The van der Waals surface area contributed by atoms with Crippen molar-refractivity contribution in [2.24, 2.45) is 4.99 Å². The minimum absolute atomic E-state index is 0.0230. The van der Waals surface area contributed by atoms with Gasteiger partial charge in [-0.05, 0) is 30.5 Å². The van der Waals surface area contributed by atoms with Crippen molar-refractivity contribution < 1.29 is 5.11 Å². The molecule has 2 unspecified atom stereocenters. The summed E-state index contributed by atoms with van der Waals surface area (Å²) in [5.74, 6) is 0.236. The van der Waals surface area contributed by atoms with Crippen LogP contribution in [0.4, 0.5) is 0 Å². The van der Waals surface area contributed by atoms with Crippen molar-refractivity contribution in [2.75, 3.05) is 0 Å². The third-order valence-electron chi connectivity index (χ3n) is 3.46. The Morgan fingerprint density at radius 1 is 1.33 bits per heavy atom. The van der Waals surface area contributed by atoms with E-state index in [0.29, 0.717) is 5.03 Å². The molecule has 1 aromatic rings. The van der Waals surface area contributed by atoms with Crippen LogP contribution in [0.3, 0.4) is 0 Å². The van der Waals surface area contributed by atoms with E-state index >= 15 is 0 Å². The first-order valence-corrected chi connectivity index (χ1v) is 7.70. The zero-order chi connectivity index (χ0) is 15.5. The molecule has 1 aliphatic rings. The van der Waals surface area contributed by atoms with Gasteiger partial charge in [0.1, 0.15) is 5.75 Å². The quantitative estimate of drug-likeness (QED) is 0.569. The highest BCUT2D eigenvalue weighted by atomic mass is 35.5. The van der Waals surface area contributed by atoms with Crippen LogP contribution in [0.15, 0.2) is 40.0 Å². The topological polar surface area (TPSA) is 56.6 Å². The molecule has 0 saturated heterocycles. The molecule has 0 bridgehead atoms. The van der Waals surface area contributed by atoms with Gasteiger partial charge in [-0.1, -0.05) is 49.2 Å². The predicted octanol–water partition coefficient (Wildman–Crippen LogP) is 3.82. The average molecular weight is 328 g/mol. The molecule has 3 N–H and O–H groups in total. The number of phenols is 1. The van der Waals surface area contributed by atoms with Crippen molar-refractivity contribution >= 4 is 29.5 Å². The number of halogens is 2. The number of nitrogens with zero attached hydrogens (tertiary/aromatic N) is 1. The summed E-state index contributed by atoms with van der Waals surface area (Å²) in [6, 6.07) is 7.01. The van der Waals surface area contributed by atoms with E-state index in [1.165, 1.54) is 0 Å². The van der Waals surface area contributed by atoms with Crippen LogP contribution < -0.4 is 10.6 Å². The number of benzene rings is 1. The molecule has 1 aliphatic heterocycles. The van der Waals surface area contributed by atoms with E-state index in [1.54, 1.807) is 18.5 Å². The van der Waals surface area contributed by atoms with Gasteiger partial charge in [0.25, 0.3) is 0 Å². The standard InChI is InChI=1S/C15H19Cl2N3O/c1-3-12(10-5-7-11(21)8-6-10)20-15(17)14(16)13(4-2)18-9-19-15/h5-9,12,20-21H,3-4H2,1-2H3,(H,18,19). The molecule has 4 nitrogen and oxygen atoms in total. The zero-order valence-electron chi connectivity index (χ0n) is 12.0. The highest BCUT2D eigenvalue weighted by molar-refractivity contribution is 6.40. The fraction of sp³-hybridized carbons (Fsp3) is 0.400. The number of nitrogens with one attached hydrogen (secondary N) is 2. The van der Waals surface area contributed by atoms with E-state index in [0.717, 1.165) is 24.1 Å². The van der Waals surface area contributed by atoms with Gasteiger partial charge in [-0.2, -0.15) is 0 Å². The number of aliphatic imine (C=N–C) groups is 1. The number of aromatic hydroxyl groups is 1. The molecular weight excluding hydrogens is 309 g/mol. The molecule has 0 aliphatic carbocycles. The van der Waals surface area contributed by atoms with E-state index in [9.17, 15) is 5.11 Å². The lowest BCUT2D eigenvalue weighted by Gasteiger charge is -2.32. The monoisotopic (exact) mass is 327 g/mol. The molecule has 2 atom stereocenters. The van der Waals surface area contributed by atoms with Gasteiger partial charge >= 0.3 is 0 Å². The van der Waals surface area contributed by atoms with E-state index in [1.807, 2.05) is 26.0 Å². The number of phenolic OH excluding ortho intramolecular Hbond substituents is 1. The van der Waals surface area contributed by atoms with Gasteiger partial charge in [0.05, 0.1) is 11.4 Å². The number of hydrogen-bond acceptors (Lipinski definition) is 4. The fourth-order valence-electron chi connectivity index (χ4n) is 2.24. The Hall–Kier alpha value is -1.23. The summed E-state index contributed by atoms with van der Waals surface area (Å²) in [5, 5.41) is 15.0. The number of hydrogen-bond donors (Lipinski definition) is 3. The first-order chi connectivity index (χ1) is 10.00. The second kappa shape index (κ2) is 6.69. The lowest BCUT2D eigenvalue weighted by atomic mass is 10.0. The van der Waals surface area contributed by atoms with Crippen LogP contribution in [-0.4, -0.2) is 16.6 Å². The van der Waals surface area contributed by atoms with E-state index in [-0.39, 0.29) is 11.8 Å². The molecule has 0 saturated carbocycles. The van der Waals surface area contributed by atoms with Crippen LogP contribution in [-0.2, 0) is 0 Å². The molecule has 1 heterocycles. The lowest BCUT2D eigenvalue weighted by Crippen LogP contribution is -2.45. The second-order valence-corrected chi connectivity index (χ2v) is 5.79. The number of allylic oxidation sites excluding steroid dienone is 1. The molecule has 2 rings (SSSR count). The summed E-state index contributed by atoms with van der Waals surface area (Å²) < 4.78 is 0. The molecular formula is C15H19Cl2N3O. The zero-order valence-corrected chi connectivity index (χ0v) is 13.5. The SMILES string of the molecule is CCC1=C(Cl)C(Cl)(NC(CC)c2ccc(O)cc2)N=CN1. The maximum Gasteiger partial charge on any atom is 0.226 e. The molecule has 0 fully saturated rings. The molecule has 6 heteroatoms. The maximum atomic E-state index is 9.39. The number of rotatable bonds is 5. The van der Waals surface area contributed by atoms with Crippen molar-refractivity contribution in [3.8, 4) is 5.75 Å². The average Bonchev–Trinajstić information content (AvgIpc) is 2.49. The first-order valence-electron chi connectivity index (χ1n) is 6.95. The molecule has 0 aromatic heterocycles. The van der Waals surface area contributed by atoms with E-state index in [4.69, 9.17) is 23.2 Å². The van der Waals surface area contributed by atoms with Gasteiger partial charge in [-0.25, -0.2) is 4.99 Å². The predicted molar refractivity (Wildman–Crippen MR) is 87.7 cm³/mol. The third-order valence-corrected chi connectivity index (χ3v) is 4.45. The van der Waals surface area contributed by atoms with Crippen LogP contribution in [0, 0.1) is 0 Å². The van der Waals surface area contributed by atoms with Crippen molar-refractivity contribution in [2.45, 2.75) is 37.9 Å². The Bertz CT molecular complexity index is 557. The van der Waals surface area contributed by atoms with Crippen LogP contribution in [0.2, 0.25) is 0 Å². The Labute approximate surface area is 134 Å². The molecule has 0 spiro atoms. The Balaban J connectivity index is 2.25. The lowest BCUT2D eigenvalue weighted by molar-refractivity contribution is 0.435. The Kier molecular flexibility index (Phi) is 5.14. The summed E-state index contributed by atoms with van der Waals surface area (Å²) in [4.78, 5) is 4.25. The van der Waals surface area contributed by atoms with Crippen molar-refractivity contribution in [3.63, 3.8) is 0 Å². The van der Waals surface area contributed by atoms with Gasteiger partial charge in [-0.3, -0.25) is 5.32 Å². The van der Waals surface area contributed by atoms with Crippen molar-refractivity contribution in [3.05, 3.63) is 40.6 Å². The molecule has 0 radical (unpaired) electrons. The van der Waals surface area contributed by atoms with Gasteiger partial charge in [0.2, 0.25) is 5.12 Å². The largest absolute Gasteiger partial charge is 0.508 e. The molecule has 21 heavy (non-hydrogen) atoms. The fourth-order valence-corrected chi connectivity index (χ4v) is 2.82. The minimum atomic E-state index is -1.16. The summed E-state index contributed by atoms with van der Waals surface area (Å²) >= 11 is 12.9. The smallest absolute Gasteiger partial charge is 0.226 e.